The first-order valence-electron chi connectivity index (χ1n) is 25.1. The summed E-state index contributed by atoms with van der Waals surface area (Å²) < 4.78 is 34.2. The van der Waals surface area contributed by atoms with E-state index in [9.17, 15) is 48.3 Å². The fourth-order valence-electron chi connectivity index (χ4n) is 10.0. The number of ether oxygens (including phenoxy) is 3. The van der Waals surface area contributed by atoms with Crippen LogP contribution in [0.15, 0.2) is 83.7 Å². The van der Waals surface area contributed by atoms with Crippen LogP contribution in [0.2, 0.25) is 0 Å². The average molecular weight is 1060 g/mol. The van der Waals surface area contributed by atoms with E-state index in [2.05, 4.69) is 26.6 Å². The number of cyclic esters (lactones) is 1. The van der Waals surface area contributed by atoms with Gasteiger partial charge in [-0.1, -0.05) is 49.4 Å². The first kappa shape index (κ1) is 53.4. The lowest BCUT2D eigenvalue weighted by Gasteiger charge is -2.31. The quantitative estimate of drug-likeness (QED) is 0.0260. The second-order valence-corrected chi connectivity index (χ2v) is 19.0. The molecule has 5 aromatic rings. The number of benzene rings is 3. The molecule has 6 N–H and O–H groups in total. The van der Waals surface area contributed by atoms with Crippen molar-refractivity contribution in [3.05, 3.63) is 140 Å². The largest absolute Gasteiger partial charge is 0.458 e. The van der Waals surface area contributed by atoms with Gasteiger partial charge in [0.1, 0.15) is 25.2 Å². The summed E-state index contributed by atoms with van der Waals surface area (Å²) in [5.41, 5.74) is 3.71. The number of nitrogens with one attached hydrogen (secondary N) is 5. The number of esters is 1. The Morgan fingerprint density at radius 2 is 1.55 bits per heavy atom. The van der Waals surface area contributed by atoms with Crippen molar-refractivity contribution >= 4 is 63.9 Å². The smallest absolute Gasteiger partial charge is 0.343 e. The number of halogens is 1. The van der Waals surface area contributed by atoms with Gasteiger partial charge in [0.2, 0.25) is 29.5 Å². The zero-order valence-corrected chi connectivity index (χ0v) is 42.1. The highest BCUT2D eigenvalue weighted by Gasteiger charge is 2.46. The van der Waals surface area contributed by atoms with Crippen LogP contribution >= 0.6 is 0 Å². The minimum atomic E-state index is -2.02. The van der Waals surface area contributed by atoms with E-state index >= 15 is 4.39 Å². The lowest BCUT2D eigenvalue weighted by Crippen LogP contribution is -2.52. The number of rotatable bonds is 21. The molecule has 0 saturated carbocycles. The number of anilines is 1. The van der Waals surface area contributed by atoms with Crippen molar-refractivity contribution < 1.29 is 62.1 Å². The summed E-state index contributed by atoms with van der Waals surface area (Å²) in [7, 11) is 0. The molecule has 0 fully saturated rings. The van der Waals surface area contributed by atoms with Gasteiger partial charge in [-0.15, -0.1) is 0 Å². The van der Waals surface area contributed by atoms with E-state index in [1.54, 1.807) is 74.5 Å². The predicted molar refractivity (Wildman–Crippen MR) is 273 cm³/mol. The minimum Gasteiger partial charge on any atom is -0.458 e. The van der Waals surface area contributed by atoms with Crippen LogP contribution in [0.3, 0.4) is 0 Å². The Morgan fingerprint density at radius 1 is 0.844 bits per heavy atom. The molecule has 0 radical (unpaired) electrons. The Hall–Kier alpha value is -8.47. The van der Waals surface area contributed by atoms with E-state index in [1.165, 1.54) is 22.8 Å². The van der Waals surface area contributed by atoms with Crippen LogP contribution in [0.1, 0.15) is 76.8 Å². The number of nitrogens with zero attached hydrogens (tertiary/aromatic N) is 3. The molecular formula is C55H55FN8O13. The highest BCUT2D eigenvalue weighted by Crippen LogP contribution is 2.47. The lowest BCUT2D eigenvalue weighted by molar-refractivity contribution is -0.172. The van der Waals surface area contributed by atoms with Gasteiger partial charge in [-0.25, -0.2) is 19.1 Å². The third-order valence-corrected chi connectivity index (χ3v) is 14.1. The average Bonchev–Trinajstić information content (AvgIpc) is 4.05. The zero-order chi connectivity index (χ0) is 54.5. The maximum atomic E-state index is 15.4. The minimum absolute atomic E-state index is 0.0224. The molecular weight excluding hydrogens is 1000 g/mol. The zero-order valence-electron chi connectivity index (χ0n) is 42.1. The standard InChI is InChI=1S/C55H55FN8O13/c1-3-55(74)37-22-41-51-35(27-63(41)53(72)36(37)28-77-54(55)73)50-42(15-14-34-30(2)38(56)23-39(62-51)49(34)50)76-20-19-75-29-60-45(67)25-59-52(71)40(21-32-7-5-4-6-8-32)61-46(68)26-58-44(66)24-57-43(65)16-11-31-9-12-33(13-10-31)64-47(69)17-18-48(64)70/h4-10,12-13,17-18,22-23,40,42,74H,3,11,14-16,19-21,24-29H2,1-2H3,(H,57,65)(H,58,66)(H,59,71)(H,60,67)(H,61,68)/t40-,42?,55-/m0/s1. The van der Waals surface area contributed by atoms with E-state index in [4.69, 9.17) is 19.2 Å². The SMILES string of the molecule is CC[C@@]1(O)C(=O)OCc2c1cc1n(c2=O)Cc2c-1nc1cc(F)c(C)c3c1c2C(OCCOCNC(=O)CNC(=O)[C@H](Cc1ccccc1)NC(=O)CNC(=O)CNC(=O)CCc1ccc(N2C(=O)C=CC2=O)cc1)CC3. The van der Waals surface area contributed by atoms with Gasteiger partial charge in [0.05, 0.1) is 73.7 Å². The van der Waals surface area contributed by atoms with Gasteiger partial charge in [0.25, 0.3) is 17.4 Å². The van der Waals surface area contributed by atoms with Crippen molar-refractivity contribution in [2.75, 3.05) is 44.5 Å². The first-order valence-corrected chi connectivity index (χ1v) is 25.1. The lowest BCUT2D eigenvalue weighted by atomic mass is 9.82. The molecule has 0 saturated heterocycles. The van der Waals surface area contributed by atoms with E-state index < -0.39 is 96.1 Å². The number of hydrogen-bond donors (Lipinski definition) is 6. The third kappa shape index (κ3) is 11.3. The van der Waals surface area contributed by atoms with Crippen molar-refractivity contribution in [2.24, 2.45) is 0 Å². The normalized spacial score (nSPS) is 17.3. The first-order chi connectivity index (χ1) is 37.0. The topological polar surface area (TPSA) is 283 Å². The molecule has 400 valence electrons. The number of carbonyl (C=O) groups excluding carboxylic acids is 8. The van der Waals surface area contributed by atoms with Crippen molar-refractivity contribution in [1.29, 1.82) is 0 Å². The third-order valence-electron chi connectivity index (χ3n) is 14.1. The van der Waals surface area contributed by atoms with Crippen LogP contribution in [0, 0.1) is 12.7 Å². The molecule has 5 heterocycles. The number of pyridine rings is 2. The highest BCUT2D eigenvalue weighted by molar-refractivity contribution is 6.28. The predicted octanol–water partition coefficient (Wildman–Crippen LogP) is 1.76. The van der Waals surface area contributed by atoms with Gasteiger partial charge in [-0.05, 0) is 78.6 Å². The molecule has 0 bridgehead atoms. The number of amides is 7. The number of fused-ring (bicyclic) bond motifs is 5. The van der Waals surface area contributed by atoms with Crippen molar-refractivity contribution in [1.82, 2.24) is 36.1 Å². The van der Waals surface area contributed by atoms with Crippen molar-refractivity contribution in [2.45, 2.75) is 83.3 Å². The summed E-state index contributed by atoms with van der Waals surface area (Å²) in [4.78, 5) is 121. The molecule has 21 nitrogen and oxygen atoms in total. The van der Waals surface area contributed by atoms with E-state index in [0.29, 0.717) is 58.5 Å². The van der Waals surface area contributed by atoms with E-state index in [-0.39, 0.29) is 63.5 Å². The molecule has 2 aromatic heterocycles. The molecule has 4 aliphatic rings. The van der Waals surface area contributed by atoms with Gasteiger partial charge in [0.15, 0.2) is 5.60 Å². The Morgan fingerprint density at radius 3 is 2.29 bits per heavy atom. The molecule has 1 aliphatic carbocycles. The van der Waals surface area contributed by atoms with Crippen LogP contribution in [0.25, 0.3) is 22.3 Å². The second kappa shape index (κ2) is 22.8. The van der Waals surface area contributed by atoms with Crippen LogP contribution in [-0.4, -0.2) is 108 Å². The molecule has 1 unspecified atom stereocenters. The highest BCUT2D eigenvalue weighted by atomic mass is 19.1. The number of aromatic nitrogens is 2. The number of hydrogen-bond acceptors (Lipinski definition) is 14. The maximum Gasteiger partial charge on any atom is 0.343 e. The molecule has 7 amide bonds. The van der Waals surface area contributed by atoms with Gasteiger partial charge in [-0.2, -0.15) is 0 Å². The summed E-state index contributed by atoms with van der Waals surface area (Å²) in [5, 5.41) is 24.7. The molecule has 9 rings (SSSR count). The van der Waals surface area contributed by atoms with E-state index in [1.807, 2.05) is 0 Å². The Balaban J connectivity index is 0.730. The van der Waals surface area contributed by atoms with Crippen LogP contribution in [0.4, 0.5) is 10.1 Å². The second-order valence-electron chi connectivity index (χ2n) is 19.0. The fourth-order valence-corrected chi connectivity index (χ4v) is 10.0. The molecule has 22 heteroatoms. The number of imide groups is 1. The molecule has 3 aromatic carbocycles. The fraction of sp³-hybridized carbons (Fsp3) is 0.345. The Bertz CT molecular complexity index is 3310. The molecule has 3 aliphatic heterocycles. The van der Waals surface area contributed by atoms with Crippen molar-refractivity contribution in [3.63, 3.8) is 0 Å². The monoisotopic (exact) mass is 1050 g/mol. The summed E-state index contributed by atoms with van der Waals surface area (Å²) >= 11 is 0. The number of aryl methyl sites for hydroxylation is 2. The number of carbonyl (C=O) groups is 8. The molecule has 77 heavy (non-hydrogen) atoms. The Labute approximate surface area is 439 Å². The summed E-state index contributed by atoms with van der Waals surface area (Å²) in [6.07, 6.45) is 3.23. The van der Waals surface area contributed by atoms with Gasteiger partial charge < -0.3 is 50.5 Å². The van der Waals surface area contributed by atoms with Crippen LogP contribution < -0.4 is 37.0 Å². The van der Waals surface area contributed by atoms with E-state index in [0.717, 1.165) is 27.0 Å². The number of aliphatic hydroxyl groups is 1. The van der Waals surface area contributed by atoms with Crippen molar-refractivity contribution in [3.8, 4) is 11.4 Å². The molecule has 3 atom stereocenters. The maximum absolute atomic E-state index is 15.4. The Kier molecular flexibility index (Phi) is 15.8. The van der Waals surface area contributed by atoms with Crippen LogP contribution in [-0.2, 0) is 90.6 Å². The van der Waals surface area contributed by atoms with Crippen LogP contribution in [0.5, 0.6) is 0 Å². The summed E-state index contributed by atoms with van der Waals surface area (Å²) in [6, 6.07) is 17.3. The molecule has 0 spiro atoms. The van der Waals surface area contributed by atoms with Gasteiger partial charge >= 0.3 is 5.97 Å². The summed E-state index contributed by atoms with van der Waals surface area (Å²) in [6.45, 7) is 1.68. The van der Waals surface area contributed by atoms with Gasteiger partial charge in [-0.3, -0.25) is 38.4 Å². The van der Waals surface area contributed by atoms with Gasteiger partial charge in [0, 0.05) is 47.6 Å². The summed E-state index contributed by atoms with van der Waals surface area (Å²) in [5.74, 6) is -5.19.